The van der Waals surface area contributed by atoms with Gasteiger partial charge in [-0.3, -0.25) is 83.8 Å². The number of nitrogen functional groups attached to an aromatic ring is 4. The number of nitrogens with two attached hydrogens (primary N) is 4. The zero-order valence-corrected chi connectivity index (χ0v) is 50.9. The highest BCUT2D eigenvalue weighted by atomic mass is 31.2. The van der Waals surface area contributed by atoms with E-state index in [0.29, 0.717) is 4.57 Å². The van der Waals surface area contributed by atoms with Gasteiger partial charge in [-0.2, -0.15) is 19.9 Å². The summed E-state index contributed by atoms with van der Waals surface area (Å²) in [5, 5.41) is 46.3. The van der Waals surface area contributed by atoms with Gasteiger partial charge in [-0.1, -0.05) is 0 Å². The van der Waals surface area contributed by atoms with E-state index in [0.717, 1.165) is 44.9 Å². The number of rotatable bonds is 24. The van der Waals surface area contributed by atoms with E-state index in [1.54, 1.807) is 0 Å². The maximum absolute atomic E-state index is 14.2. The quantitative estimate of drug-likeness (QED) is 0.0250. The molecule has 0 aromatic carbocycles. The summed E-state index contributed by atoms with van der Waals surface area (Å²) < 4.78 is 133. The Labute approximate surface area is 516 Å². The summed E-state index contributed by atoms with van der Waals surface area (Å²) in [6.45, 7) is -5.23. The van der Waals surface area contributed by atoms with Crippen molar-refractivity contribution in [2.45, 2.75) is 98.2 Å². The van der Waals surface area contributed by atoms with Crippen molar-refractivity contribution in [1.82, 2.24) is 68.1 Å². The fourth-order valence-electron chi connectivity index (χ4n) is 10.2. The number of anilines is 4. The van der Waals surface area contributed by atoms with Crippen LogP contribution in [0.15, 0.2) is 50.4 Å². The zero-order valence-electron chi connectivity index (χ0n) is 46.4. The number of ether oxygens (including phenoxy) is 4. The summed E-state index contributed by atoms with van der Waals surface area (Å²) in [5.74, 6) is -1.73. The van der Waals surface area contributed by atoms with Crippen LogP contribution >= 0.6 is 39.1 Å². The Morgan fingerprint density at radius 3 is 1.03 bits per heavy atom. The van der Waals surface area contributed by atoms with Crippen molar-refractivity contribution in [3.63, 3.8) is 0 Å². The largest absolute Gasteiger partial charge is 0.472 e. The molecule has 0 radical (unpaired) electrons. The SMILES string of the molecule is Nc1ccn([C@@H]2O[C@H](COP(=O)(O)O[C@H]3[C@@H](O)[C@H](n4cnc5c(=O)[nH]c(N)nc54)O[C@@H]3COP(=O)(O)O[C@H]3[C@@H](O)[C@H](n4cnc5c(=O)[nH]c(N)nc54)O[C@@H]3COP(=O)(O)O[C@H]3[C@@H](O)[C@H](n4cnc5c(=O)[nH]c(N)nc54)O[C@@H]3COP(=O)(O)O)[C@@H](OP(=O)(O)O)[C@H]2O)c(=O)n1. The van der Waals surface area contributed by atoms with Gasteiger partial charge < -0.3 is 96.6 Å². The van der Waals surface area contributed by atoms with Gasteiger partial charge in [0.15, 0.2) is 58.4 Å². The van der Waals surface area contributed by atoms with E-state index in [-0.39, 0.29) is 17.0 Å². The molecule has 19 atom stereocenters. The average molecular weight is 1440 g/mol. The van der Waals surface area contributed by atoms with Crippen LogP contribution in [0.25, 0.3) is 33.5 Å². The number of hydrogen-bond acceptors (Lipinski definition) is 36. The van der Waals surface area contributed by atoms with Crippen molar-refractivity contribution in [3.05, 3.63) is 72.8 Å². The van der Waals surface area contributed by atoms with Crippen molar-refractivity contribution in [2.75, 3.05) is 49.4 Å². The predicted molar refractivity (Wildman–Crippen MR) is 297 cm³/mol. The molecule has 3 unspecified atom stereocenters. The third-order valence-electron chi connectivity index (χ3n) is 14.2. The number of H-pyrrole nitrogens is 3. The minimum absolute atomic E-state index is 0.288. The molecule has 11 rings (SSSR count). The van der Waals surface area contributed by atoms with Crippen LogP contribution in [0.2, 0.25) is 0 Å². The zero-order chi connectivity index (χ0) is 68.1. The van der Waals surface area contributed by atoms with E-state index >= 15 is 0 Å². The lowest BCUT2D eigenvalue weighted by Gasteiger charge is -2.27. The number of aromatic amines is 3. The number of imidazole rings is 3. The first-order chi connectivity index (χ1) is 43.9. The van der Waals surface area contributed by atoms with Crippen molar-refractivity contribution in [3.8, 4) is 0 Å². The van der Waals surface area contributed by atoms with Gasteiger partial charge in [0.25, 0.3) is 16.7 Å². The maximum Gasteiger partial charge on any atom is 0.472 e. The highest BCUT2D eigenvalue weighted by molar-refractivity contribution is 7.48. The highest BCUT2D eigenvalue weighted by Crippen LogP contribution is 2.55. The molecule has 22 N–H and O–H groups in total. The maximum atomic E-state index is 14.2. The summed E-state index contributed by atoms with van der Waals surface area (Å²) >= 11 is 0. The second-order valence-electron chi connectivity index (χ2n) is 20.4. The smallest absolute Gasteiger partial charge is 0.386 e. The van der Waals surface area contributed by atoms with Crippen molar-refractivity contribution >= 4 is 96.3 Å². The molecule has 0 amide bonds. The number of hydrogen-bond donors (Lipinski definition) is 18. The number of nitrogens with zero attached hydrogens (tertiary/aromatic N) is 11. The standard InChI is InChI=1S/C39H51N18O32P5/c40-14-1-2-54(39(65)47-14)32-18(58)22(86-91(69,70)71)11(82-32)4-79-92(72,73)88-24-13(85-34(20(24)60)56-8-45-16-27(56)49-37(42)52-30(16)63)6-81-94(76,77)89-25-12(84-35(21(25)61)57-9-46-17-28(57)50-38(43)53-31(17)64)5-80-93(74,75)87-23-10(3-78-90(66,67)68)83-33(19(23)59)55-7-44-15-26(55)48-36(41)51-29(15)62/h1-2,7-13,18-25,32-35,58-61H,3-6H2,(H,72,73)(H,74,75)(H,76,77)(H2,40,47,65)(H2,66,67,68)(H2,69,70,71)(H3,41,48,51,62)(H3,42,49,52,63)(H3,43,50,53,64)/t10-,11-,12-,13-,18-,19-,20-,21-,22-,23-,24-,25-,32-,33-,34-,35-/m1/s1. The first kappa shape index (κ1) is 68.7. The van der Waals surface area contributed by atoms with Gasteiger partial charge in [0.2, 0.25) is 17.8 Å². The molecule has 4 aliphatic heterocycles. The molecule has 50 nitrogen and oxygen atoms in total. The van der Waals surface area contributed by atoms with Crippen molar-refractivity contribution < 1.29 is 133 Å². The molecule has 4 fully saturated rings. The lowest BCUT2D eigenvalue weighted by molar-refractivity contribution is -0.0639. The van der Waals surface area contributed by atoms with Crippen LogP contribution in [0.4, 0.5) is 23.7 Å². The number of fused-ring (bicyclic) bond motifs is 3. The van der Waals surface area contributed by atoms with Crippen LogP contribution in [0.3, 0.4) is 0 Å². The molecule has 7 aromatic heterocycles. The lowest BCUT2D eigenvalue weighted by Crippen LogP contribution is -2.38. The van der Waals surface area contributed by atoms with Crippen LogP contribution in [-0.4, -0.2) is 222 Å². The fourth-order valence-corrected chi connectivity index (χ4v) is 14.1. The lowest BCUT2D eigenvalue weighted by atomic mass is 10.1. The predicted octanol–water partition coefficient (Wildman–Crippen LogP) is -6.90. The Hall–Kier alpha value is -6.64. The van der Waals surface area contributed by atoms with Gasteiger partial charge in [-0.25, -0.2) is 42.6 Å². The number of aliphatic hydroxyl groups excluding tert-OH is 4. The average Bonchev–Trinajstić information content (AvgIpc) is 1.63. The molecular weight excluding hydrogens is 1390 g/mol. The molecule has 4 aliphatic rings. The normalized spacial score (nSPS) is 30.4. The van der Waals surface area contributed by atoms with Crippen LogP contribution in [0.5, 0.6) is 0 Å². The summed E-state index contributed by atoms with van der Waals surface area (Å²) in [6, 6.07) is 1.08. The molecular formula is C39H51N18O32P5. The minimum atomic E-state index is -5.91. The summed E-state index contributed by atoms with van der Waals surface area (Å²) in [6.07, 6.45) is -29.8. The summed E-state index contributed by atoms with van der Waals surface area (Å²) in [4.78, 5) is 157. The van der Waals surface area contributed by atoms with E-state index in [1.165, 1.54) is 0 Å². The molecule has 0 spiro atoms. The number of phosphoric ester groups is 5. The number of phosphoric acid groups is 5. The van der Waals surface area contributed by atoms with E-state index in [9.17, 15) is 96.7 Å². The molecule has 4 saturated heterocycles. The number of nitrogens with one attached hydrogen (secondary N) is 3. The Morgan fingerprint density at radius 1 is 0.436 bits per heavy atom. The molecule has 0 bridgehead atoms. The molecule has 7 aromatic rings. The minimum Gasteiger partial charge on any atom is -0.386 e. The highest BCUT2D eigenvalue weighted by Gasteiger charge is 2.56. The third kappa shape index (κ3) is 14.4. The number of aliphatic hydroxyl groups is 4. The Balaban J connectivity index is 0.846. The van der Waals surface area contributed by atoms with E-state index in [4.69, 9.17) is 69.0 Å². The van der Waals surface area contributed by atoms with Crippen molar-refractivity contribution in [2.24, 2.45) is 0 Å². The van der Waals surface area contributed by atoms with Gasteiger partial charge >= 0.3 is 44.8 Å². The third-order valence-corrected chi connectivity index (χ3v) is 18.1. The topological polar surface area (TPSA) is 748 Å². The number of aromatic nitrogens is 14. The van der Waals surface area contributed by atoms with Crippen molar-refractivity contribution in [1.29, 1.82) is 0 Å². The molecule has 11 heterocycles. The molecule has 94 heavy (non-hydrogen) atoms. The van der Waals surface area contributed by atoms with Crippen LogP contribution < -0.4 is 45.3 Å². The molecule has 0 aliphatic carbocycles. The fraction of sp³-hybridized carbons (Fsp3) is 0.513. The van der Waals surface area contributed by atoms with Crippen LogP contribution in [-0.2, 0) is 78.0 Å². The Bertz CT molecular complexity index is 4540. The first-order valence-electron chi connectivity index (χ1n) is 26.2. The molecule has 0 saturated carbocycles. The Kier molecular flexibility index (Phi) is 18.8. The van der Waals surface area contributed by atoms with E-state index < -0.39 is 226 Å². The van der Waals surface area contributed by atoms with Gasteiger partial charge in [0.05, 0.1) is 45.4 Å². The van der Waals surface area contributed by atoms with E-state index in [1.807, 2.05) is 0 Å². The second-order valence-corrected chi connectivity index (χ2v) is 27.1. The van der Waals surface area contributed by atoms with E-state index in [2.05, 4.69) is 58.9 Å². The van der Waals surface area contributed by atoms with Crippen LogP contribution in [0.1, 0.15) is 24.9 Å². The van der Waals surface area contributed by atoms with Gasteiger partial charge in [-0.05, 0) is 6.07 Å². The molecule has 55 heteroatoms. The van der Waals surface area contributed by atoms with Gasteiger partial charge in [-0.15, -0.1) is 0 Å². The first-order valence-corrected chi connectivity index (χ1v) is 33.8. The monoisotopic (exact) mass is 1440 g/mol. The summed E-state index contributed by atoms with van der Waals surface area (Å²) in [5.41, 5.74) is 16.6. The van der Waals surface area contributed by atoms with Gasteiger partial charge in [0.1, 0.15) is 79.1 Å². The van der Waals surface area contributed by atoms with Crippen LogP contribution in [0, 0.1) is 0 Å². The Morgan fingerprint density at radius 2 is 0.734 bits per heavy atom. The van der Waals surface area contributed by atoms with Gasteiger partial charge in [0, 0.05) is 6.20 Å². The second kappa shape index (κ2) is 25.7. The molecule has 514 valence electrons. The summed E-state index contributed by atoms with van der Waals surface area (Å²) in [7, 11) is -28.4.